The standard InChI is InChI=1S/C16H15BrClN3/c1-10-3-2-4-12(7-10)21-15(9-20-16(21)19)11-5-6-14(18)13(17)8-11/h2-8,15H,9H2,1H3,(H2,19,20). The molecule has 2 N–H and O–H groups in total. The molecule has 21 heavy (non-hydrogen) atoms. The van der Waals surface area contributed by atoms with Crippen LogP contribution in [0.2, 0.25) is 5.02 Å². The van der Waals surface area contributed by atoms with E-state index in [9.17, 15) is 0 Å². The predicted molar refractivity (Wildman–Crippen MR) is 92.0 cm³/mol. The number of hydrogen-bond acceptors (Lipinski definition) is 3. The minimum absolute atomic E-state index is 0.0976. The van der Waals surface area contributed by atoms with E-state index in [0.717, 1.165) is 15.7 Å². The molecule has 0 spiro atoms. The average molecular weight is 365 g/mol. The number of guanidine groups is 1. The molecule has 5 heteroatoms. The summed E-state index contributed by atoms with van der Waals surface area (Å²) in [5, 5.41) is 0.702. The Morgan fingerprint density at radius 2 is 2.10 bits per heavy atom. The highest BCUT2D eigenvalue weighted by Gasteiger charge is 2.29. The minimum atomic E-state index is 0.0976. The van der Waals surface area contributed by atoms with Gasteiger partial charge in [0.15, 0.2) is 5.96 Å². The first-order valence-corrected chi connectivity index (χ1v) is 7.84. The van der Waals surface area contributed by atoms with Crippen molar-refractivity contribution in [1.29, 1.82) is 0 Å². The van der Waals surface area contributed by atoms with E-state index in [2.05, 4.69) is 50.9 Å². The van der Waals surface area contributed by atoms with Crippen LogP contribution >= 0.6 is 27.5 Å². The van der Waals surface area contributed by atoms with Gasteiger partial charge in [-0.05, 0) is 58.2 Å². The van der Waals surface area contributed by atoms with Gasteiger partial charge in [0, 0.05) is 10.2 Å². The largest absolute Gasteiger partial charge is 0.369 e. The van der Waals surface area contributed by atoms with Crippen molar-refractivity contribution in [2.75, 3.05) is 11.4 Å². The number of rotatable bonds is 2. The smallest absolute Gasteiger partial charge is 0.196 e. The van der Waals surface area contributed by atoms with E-state index < -0.39 is 0 Å². The van der Waals surface area contributed by atoms with E-state index in [1.165, 1.54) is 5.56 Å². The lowest BCUT2D eigenvalue weighted by Gasteiger charge is -2.27. The second-order valence-electron chi connectivity index (χ2n) is 5.10. The first-order valence-electron chi connectivity index (χ1n) is 6.67. The zero-order valence-corrected chi connectivity index (χ0v) is 13.9. The highest BCUT2D eigenvalue weighted by Crippen LogP contribution is 2.34. The lowest BCUT2D eigenvalue weighted by atomic mass is 10.1. The molecule has 3 nitrogen and oxygen atoms in total. The van der Waals surface area contributed by atoms with Gasteiger partial charge in [0.1, 0.15) is 0 Å². The number of hydrogen-bond donors (Lipinski definition) is 1. The topological polar surface area (TPSA) is 41.6 Å². The third-order valence-corrected chi connectivity index (χ3v) is 4.81. The molecule has 2 aromatic carbocycles. The molecule has 0 fully saturated rings. The van der Waals surface area contributed by atoms with Crippen molar-refractivity contribution in [2.45, 2.75) is 13.0 Å². The highest BCUT2D eigenvalue weighted by molar-refractivity contribution is 9.10. The van der Waals surface area contributed by atoms with Gasteiger partial charge in [-0.1, -0.05) is 29.8 Å². The molecule has 0 saturated carbocycles. The zero-order valence-electron chi connectivity index (χ0n) is 11.6. The van der Waals surface area contributed by atoms with E-state index in [0.29, 0.717) is 17.5 Å². The van der Waals surface area contributed by atoms with Gasteiger partial charge in [0.2, 0.25) is 0 Å². The van der Waals surface area contributed by atoms with E-state index in [4.69, 9.17) is 17.3 Å². The molecule has 0 aliphatic carbocycles. The van der Waals surface area contributed by atoms with Gasteiger partial charge < -0.3 is 10.6 Å². The lowest BCUT2D eigenvalue weighted by Crippen LogP contribution is -2.36. The van der Waals surface area contributed by atoms with Crippen LogP contribution in [0.1, 0.15) is 17.2 Å². The van der Waals surface area contributed by atoms with Gasteiger partial charge in [-0.25, -0.2) is 0 Å². The Labute approximate surface area is 137 Å². The molecular formula is C16H15BrClN3. The summed E-state index contributed by atoms with van der Waals surface area (Å²) in [5.41, 5.74) is 9.49. The molecule has 0 radical (unpaired) electrons. The fourth-order valence-corrected chi connectivity index (χ4v) is 3.08. The molecule has 3 rings (SSSR count). The van der Waals surface area contributed by atoms with Crippen LogP contribution in [0.3, 0.4) is 0 Å². The highest BCUT2D eigenvalue weighted by atomic mass is 79.9. The first-order chi connectivity index (χ1) is 10.1. The van der Waals surface area contributed by atoms with Crippen molar-refractivity contribution in [3.63, 3.8) is 0 Å². The van der Waals surface area contributed by atoms with Crippen LogP contribution in [0.5, 0.6) is 0 Å². The lowest BCUT2D eigenvalue weighted by molar-refractivity contribution is 0.768. The van der Waals surface area contributed by atoms with Crippen molar-refractivity contribution < 1.29 is 0 Å². The molecule has 1 atom stereocenters. The third kappa shape index (κ3) is 2.78. The van der Waals surface area contributed by atoms with Crippen molar-refractivity contribution in [2.24, 2.45) is 10.7 Å². The maximum absolute atomic E-state index is 6.09. The van der Waals surface area contributed by atoms with Crippen molar-refractivity contribution in [3.05, 3.63) is 63.1 Å². The fraction of sp³-hybridized carbons (Fsp3) is 0.188. The molecule has 0 amide bonds. The van der Waals surface area contributed by atoms with Gasteiger partial charge in [-0.15, -0.1) is 0 Å². The normalized spacial score (nSPS) is 18.0. The number of aryl methyl sites for hydroxylation is 1. The predicted octanol–water partition coefficient (Wildman–Crippen LogP) is 4.29. The SMILES string of the molecule is Cc1cccc(N2C(N)=NCC2c2ccc(Cl)c(Br)c2)c1. The fourth-order valence-electron chi connectivity index (χ4n) is 2.56. The maximum atomic E-state index is 6.09. The molecule has 1 aliphatic heterocycles. The summed E-state index contributed by atoms with van der Waals surface area (Å²) in [5.74, 6) is 0.552. The number of benzene rings is 2. The zero-order chi connectivity index (χ0) is 15.0. The van der Waals surface area contributed by atoms with Crippen molar-refractivity contribution in [1.82, 2.24) is 0 Å². The van der Waals surface area contributed by atoms with Crippen LogP contribution < -0.4 is 10.6 Å². The van der Waals surface area contributed by atoms with E-state index in [1.54, 1.807) is 0 Å². The second-order valence-corrected chi connectivity index (χ2v) is 6.36. The summed E-state index contributed by atoms with van der Waals surface area (Å²) in [6, 6.07) is 14.3. The Kier molecular flexibility index (Phi) is 3.91. The number of nitrogens with two attached hydrogens (primary N) is 1. The summed E-state index contributed by atoms with van der Waals surface area (Å²) < 4.78 is 0.885. The number of halogens is 2. The minimum Gasteiger partial charge on any atom is -0.369 e. The summed E-state index contributed by atoms with van der Waals surface area (Å²) in [6.45, 7) is 2.72. The van der Waals surface area contributed by atoms with Gasteiger partial charge in [0.25, 0.3) is 0 Å². The quantitative estimate of drug-likeness (QED) is 0.864. The van der Waals surface area contributed by atoms with Crippen molar-refractivity contribution >= 4 is 39.2 Å². The van der Waals surface area contributed by atoms with E-state index >= 15 is 0 Å². The van der Waals surface area contributed by atoms with Crippen LogP contribution in [0.4, 0.5) is 5.69 Å². The number of nitrogens with zero attached hydrogens (tertiary/aromatic N) is 2. The van der Waals surface area contributed by atoms with E-state index in [1.807, 2.05) is 24.3 Å². The third-order valence-electron chi connectivity index (χ3n) is 3.59. The Balaban J connectivity index is 2.00. The molecule has 0 bridgehead atoms. The Morgan fingerprint density at radius 1 is 1.29 bits per heavy atom. The van der Waals surface area contributed by atoms with Crippen LogP contribution in [0, 0.1) is 6.92 Å². The summed E-state index contributed by atoms with van der Waals surface area (Å²) in [4.78, 5) is 6.48. The van der Waals surface area contributed by atoms with Crippen LogP contribution in [0.15, 0.2) is 51.9 Å². The molecule has 2 aromatic rings. The molecule has 1 heterocycles. The van der Waals surface area contributed by atoms with Gasteiger partial charge in [-0.3, -0.25) is 4.99 Å². The molecular weight excluding hydrogens is 350 g/mol. The Hall–Kier alpha value is -1.52. The molecule has 0 aromatic heterocycles. The number of anilines is 1. The number of aliphatic imine (C=N–C) groups is 1. The molecule has 1 aliphatic rings. The van der Waals surface area contributed by atoms with Crippen LogP contribution in [-0.2, 0) is 0 Å². The van der Waals surface area contributed by atoms with Gasteiger partial charge in [-0.2, -0.15) is 0 Å². The van der Waals surface area contributed by atoms with Gasteiger partial charge in [0.05, 0.1) is 17.6 Å². The molecule has 1 unspecified atom stereocenters. The second kappa shape index (κ2) is 5.70. The average Bonchev–Trinajstić information content (AvgIpc) is 2.84. The monoisotopic (exact) mass is 363 g/mol. The van der Waals surface area contributed by atoms with Crippen LogP contribution in [-0.4, -0.2) is 12.5 Å². The molecule has 0 saturated heterocycles. The van der Waals surface area contributed by atoms with Crippen molar-refractivity contribution in [3.8, 4) is 0 Å². The Bertz CT molecular complexity index is 714. The van der Waals surface area contributed by atoms with E-state index in [-0.39, 0.29) is 6.04 Å². The summed E-state index contributed by atoms with van der Waals surface area (Å²) >= 11 is 9.55. The Morgan fingerprint density at radius 3 is 2.81 bits per heavy atom. The molecule has 108 valence electrons. The van der Waals surface area contributed by atoms with Gasteiger partial charge >= 0.3 is 0 Å². The summed E-state index contributed by atoms with van der Waals surface area (Å²) in [7, 11) is 0. The summed E-state index contributed by atoms with van der Waals surface area (Å²) in [6.07, 6.45) is 0. The first kappa shape index (κ1) is 14.4. The van der Waals surface area contributed by atoms with Crippen LogP contribution in [0.25, 0.3) is 0 Å². The maximum Gasteiger partial charge on any atom is 0.196 e.